The monoisotopic (exact) mass is 289 g/mol. The number of anilines is 1. The van der Waals surface area contributed by atoms with E-state index in [4.69, 9.17) is 5.11 Å². The zero-order valence-electron chi connectivity index (χ0n) is 10.9. The summed E-state index contributed by atoms with van der Waals surface area (Å²) in [5, 5.41) is 19.5. The van der Waals surface area contributed by atoms with Crippen molar-refractivity contribution in [1.29, 1.82) is 0 Å². The summed E-state index contributed by atoms with van der Waals surface area (Å²) in [4.78, 5) is 14.1. The maximum absolute atomic E-state index is 10.9. The van der Waals surface area contributed by atoms with Gasteiger partial charge in [-0.2, -0.15) is 0 Å². The summed E-state index contributed by atoms with van der Waals surface area (Å²) in [5.41, 5.74) is 0.879. The van der Waals surface area contributed by atoms with Crippen LogP contribution in [0.2, 0.25) is 0 Å². The maximum atomic E-state index is 10.9. The Hall–Kier alpha value is -1.95. The van der Waals surface area contributed by atoms with Gasteiger partial charge in [-0.15, -0.1) is 21.5 Å². The van der Waals surface area contributed by atoms with Crippen LogP contribution in [-0.4, -0.2) is 34.4 Å². The molecule has 0 amide bonds. The van der Waals surface area contributed by atoms with Crippen LogP contribution in [0.5, 0.6) is 0 Å². The van der Waals surface area contributed by atoms with E-state index in [2.05, 4.69) is 15.1 Å². The third-order valence-corrected chi connectivity index (χ3v) is 4.48. The molecule has 20 heavy (non-hydrogen) atoms. The number of carbonyl (C=O) groups is 1. The molecular formula is C14H15N3O2S. The summed E-state index contributed by atoms with van der Waals surface area (Å²) in [5.74, 6) is -0.0810. The number of aliphatic carboxylic acids is 1. The van der Waals surface area contributed by atoms with Crippen LogP contribution in [0, 0.1) is 5.92 Å². The summed E-state index contributed by atoms with van der Waals surface area (Å²) in [6.45, 7) is 1.45. The van der Waals surface area contributed by atoms with Crippen LogP contribution >= 0.6 is 11.3 Å². The van der Waals surface area contributed by atoms with Gasteiger partial charge >= 0.3 is 5.97 Å². The van der Waals surface area contributed by atoms with E-state index in [-0.39, 0.29) is 5.92 Å². The molecule has 0 unspecified atom stereocenters. The lowest BCUT2D eigenvalue weighted by molar-refractivity contribution is -0.142. The maximum Gasteiger partial charge on any atom is 0.306 e. The first-order valence-electron chi connectivity index (χ1n) is 6.59. The summed E-state index contributed by atoms with van der Waals surface area (Å²) < 4.78 is 0. The van der Waals surface area contributed by atoms with Gasteiger partial charge in [0.15, 0.2) is 5.82 Å². The normalized spacial score (nSPS) is 16.3. The first-order valence-corrected chi connectivity index (χ1v) is 7.47. The van der Waals surface area contributed by atoms with E-state index >= 15 is 0 Å². The number of carboxylic acids is 1. The molecule has 0 radical (unpaired) electrons. The standard InChI is InChI=1S/C14H15N3O2S/c18-14(19)10-5-7-17(8-6-10)13-4-3-11(15-16-13)12-2-1-9-20-12/h1-4,9-10H,5-8H2,(H,18,19). The second kappa shape index (κ2) is 5.58. The number of nitrogens with zero attached hydrogens (tertiary/aromatic N) is 3. The second-order valence-electron chi connectivity index (χ2n) is 4.85. The Balaban J connectivity index is 1.68. The van der Waals surface area contributed by atoms with Crippen molar-refractivity contribution in [1.82, 2.24) is 10.2 Å². The van der Waals surface area contributed by atoms with Crippen molar-refractivity contribution in [3.8, 4) is 10.6 Å². The minimum atomic E-state index is -0.691. The van der Waals surface area contributed by atoms with E-state index in [1.54, 1.807) is 11.3 Å². The average Bonchev–Trinajstić information content (AvgIpc) is 3.02. The minimum absolute atomic E-state index is 0.218. The number of piperidine rings is 1. The number of hydrogen-bond acceptors (Lipinski definition) is 5. The van der Waals surface area contributed by atoms with Crippen molar-refractivity contribution in [2.24, 2.45) is 5.92 Å². The fraction of sp³-hybridized carbons (Fsp3) is 0.357. The molecule has 1 N–H and O–H groups in total. The molecule has 5 nitrogen and oxygen atoms in total. The van der Waals surface area contributed by atoms with Crippen molar-refractivity contribution in [3.05, 3.63) is 29.6 Å². The third-order valence-electron chi connectivity index (χ3n) is 3.59. The van der Waals surface area contributed by atoms with Crippen LogP contribution in [-0.2, 0) is 4.79 Å². The summed E-state index contributed by atoms with van der Waals surface area (Å²) in [6, 6.07) is 7.94. The van der Waals surface area contributed by atoms with E-state index < -0.39 is 5.97 Å². The molecule has 1 saturated heterocycles. The molecule has 2 aromatic heterocycles. The number of thiophene rings is 1. The Labute approximate surface area is 120 Å². The molecule has 0 aliphatic carbocycles. The largest absolute Gasteiger partial charge is 0.481 e. The van der Waals surface area contributed by atoms with Crippen LogP contribution in [0.25, 0.3) is 10.6 Å². The quantitative estimate of drug-likeness (QED) is 0.940. The number of carboxylic acid groups (broad SMARTS) is 1. The van der Waals surface area contributed by atoms with Gasteiger partial charge in [0.25, 0.3) is 0 Å². The van der Waals surface area contributed by atoms with E-state index in [0.29, 0.717) is 12.8 Å². The Kier molecular flexibility index (Phi) is 3.64. The highest BCUT2D eigenvalue weighted by molar-refractivity contribution is 7.13. The number of rotatable bonds is 3. The second-order valence-corrected chi connectivity index (χ2v) is 5.80. The van der Waals surface area contributed by atoms with Crippen molar-refractivity contribution in [3.63, 3.8) is 0 Å². The number of aromatic nitrogens is 2. The molecule has 0 spiro atoms. The van der Waals surface area contributed by atoms with Gasteiger partial charge in [0, 0.05) is 13.1 Å². The molecule has 1 aliphatic rings. The van der Waals surface area contributed by atoms with E-state index in [1.807, 2.05) is 29.6 Å². The van der Waals surface area contributed by atoms with Gasteiger partial charge < -0.3 is 10.0 Å². The topological polar surface area (TPSA) is 66.3 Å². The third kappa shape index (κ3) is 2.65. The van der Waals surface area contributed by atoms with Crippen molar-refractivity contribution in [2.75, 3.05) is 18.0 Å². The first-order chi connectivity index (χ1) is 9.74. The smallest absolute Gasteiger partial charge is 0.306 e. The fourth-order valence-electron chi connectivity index (χ4n) is 2.41. The highest BCUT2D eigenvalue weighted by Gasteiger charge is 2.25. The van der Waals surface area contributed by atoms with Crippen LogP contribution in [0.15, 0.2) is 29.6 Å². The molecule has 1 fully saturated rings. The predicted molar refractivity (Wildman–Crippen MR) is 77.9 cm³/mol. The highest BCUT2D eigenvalue weighted by Crippen LogP contribution is 2.25. The Morgan fingerprint density at radius 1 is 1.25 bits per heavy atom. The van der Waals surface area contributed by atoms with E-state index in [9.17, 15) is 4.79 Å². The van der Waals surface area contributed by atoms with Crippen molar-refractivity contribution >= 4 is 23.1 Å². The summed E-state index contributed by atoms with van der Waals surface area (Å²) in [6.07, 6.45) is 1.34. The molecular weight excluding hydrogens is 274 g/mol. The molecule has 2 aromatic rings. The lowest BCUT2D eigenvalue weighted by atomic mass is 9.97. The lowest BCUT2D eigenvalue weighted by Gasteiger charge is -2.30. The Morgan fingerprint density at radius 3 is 2.60 bits per heavy atom. The van der Waals surface area contributed by atoms with Crippen LogP contribution in [0.4, 0.5) is 5.82 Å². The molecule has 3 rings (SSSR count). The van der Waals surface area contributed by atoms with Crippen LogP contribution in [0.1, 0.15) is 12.8 Å². The molecule has 6 heteroatoms. The molecule has 0 atom stereocenters. The number of hydrogen-bond donors (Lipinski definition) is 1. The molecule has 1 aliphatic heterocycles. The van der Waals surface area contributed by atoms with Gasteiger partial charge in [-0.25, -0.2) is 0 Å². The van der Waals surface area contributed by atoms with Gasteiger partial charge in [0.05, 0.1) is 10.8 Å². The van der Waals surface area contributed by atoms with Gasteiger partial charge in [-0.3, -0.25) is 4.79 Å². The lowest BCUT2D eigenvalue weighted by Crippen LogP contribution is -2.36. The Morgan fingerprint density at radius 2 is 2.05 bits per heavy atom. The van der Waals surface area contributed by atoms with Crippen LogP contribution < -0.4 is 4.90 Å². The highest BCUT2D eigenvalue weighted by atomic mass is 32.1. The van der Waals surface area contributed by atoms with Gasteiger partial charge in [0.2, 0.25) is 0 Å². The van der Waals surface area contributed by atoms with Gasteiger partial charge in [0.1, 0.15) is 5.69 Å². The summed E-state index contributed by atoms with van der Waals surface area (Å²) >= 11 is 1.64. The van der Waals surface area contributed by atoms with Gasteiger partial charge in [-0.05, 0) is 36.4 Å². The average molecular weight is 289 g/mol. The van der Waals surface area contributed by atoms with Crippen molar-refractivity contribution in [2.45, 2.75) is 12.8 Å². The zero-order valence-corrected chi connectivity index (χ0v) is 11.7. The van der Waals surface area contributed by atoms with Gasteiger partial charge in [-0.1, -0.05) is 6.07 Å². The molecule has 3 heterocycles. The molecule has 104 valence electrons. The SMILES string of the molecule is O=C(O)C1CCN(c2ccc(-c3cccs3)nn2)CC1. The summed E-state index contributed by atoms with van der Waals surface area (Å²) in [7, 11) is 0. The zero-order chi connectivity index (χ0) is 13.9. The van der Waals surface area contributed by atoms with E-state index in [1.165, 1.54) is 0 Å². The van der Waals surface area contributed by atoms with Crippen LogP contribution in [0.3, 0.4) is 0 Å². The molecule has 0 bridgehead atoms. The Bertz CT molecular complexity index is 575. The molecule has 0 saturated carbocycles. The molecule has 0 aromatic carbocycles. The van der Waals surface area contributed by atoms with Crippen molar-refractivity contribution < 1.29 is 9.90 Å². The first kappa shape index (κ1) is 13.1. The van der Waals surface area contributed by atoms with E-state index in [0.717, 1.165) is 29.5 Å². The fourth-order valence-corrected chi connectivity index (χ4v) is 3.10. The predicted octanol–water partition coefficient (Wildman–Crippen LogP) is 2.51. The minimum Gasteiger partial charge on any atom is -0.481 e.